The van der Waals surface area contributed by atoms with E-state index in [9.17, 15) is 4.79 Å². The van der Waals surface area contributed by atoms with Crippen molar-refractivity contribution in [2.75, 3.05) is 5.32 Å². The zero-order chi connectivity index (χ0) is 19.2. The molecule has 0 heterocycles. The third-order valence-corrected chi connectivity index (χ3v) is 4.13. The third kappa shape index (κ3) is 4.88. The van der Waals surface area contributed by atoms with Crippen LogP contribution in [-0.4, -0.2) is 12.0 Å². The molecule has 3 rings (SSSR count). The summed E-state index contributed by atoms with van der Waals surface area (Å²) in [6.07, 6.45) is -0.643. The summed E-state index contributed by atoms with van der Waals surface area (Å²) in [5.41, 5.74) is 2.68. The lowest BCUT2D eigenvalue weighted by molar-refractivity contribution is -0.122. The lowest BCUT2D eigenvalue weighted by Crippen LogP contribution is -2.30. The van der Waals surface area contributed by atoms with Crippen molar-refractivity contribution >= 4 is 11.6 Å². The highest BCUT2D eigenvalue weighted by Crippen LogP contribution is 2.29. The van der Waals surface area contributed by atoms with Crippen molar-refractivity contribution in [3.63, 3.8) is 0 Å². The lowest BCUT2D eigenvalue weighted by atomic mass is 10.1. The summed E-state index contributed by atoms with van der Waals surface area (Å²) in [5.74, 6) is 1.77. The van der Waals surface area contributed by atoms with Gasteiger partial charge in [-0.1, -0.05) is 42.5 Å². The Morgan fingerprint density at radius 3 is 2.37 bits per heavy atom. The van der Waals surface area contributed by atoms with Crippen molar-refractivity contribution in [1.29, 1.82) is 0 Å². The summed E-state index contributed by atoms with van der Waals surface area (Å²) in [6, 6.07) is 22.7. The summed E-state index contributed by atoms with van der Waals surface area (Å²) < 4.78 is 11.8. The van der Waals surface area contributed by atoms with E-state index in [1.165, 1.54) is 0 Å². The van der Waals surface area contributed by atoms with E-state index >= 15 is 0 Å². The molecule has 0 saturated carbocycles. The Hall–Kier alpha value is -3.27. The van der Waals surface area contributed by atoms with E-state index in [-0.39, 0.29) is 5.91 Å². The SMILES string of the molecule is Cc1ccc(C)c(O[C@H](C)C(=O)Nc2ccccc2Oc2ccccc2)c1. The van der Waals surface area contributed by atoms with Crippen LogP contribution in [0.3, 0.4) is 0 Å². The Bertz CT molecular complexity index is 922. The van der Waals surface area contributed by atoms with E-state index in [1.807, 2.05) is 80.6 Å². The molecular formula is C23H23NO3. The molecule has 0 aliphatic rings. The molecule has 0 aliphatic carbocycles. The van der Waals surface area contributed by atoms with E-state index in [1.54, 1.807) is 13.0 Å². The largest absolute Gasteiger partial charge is 0.481 e. The highest BCUT2D eigenvalue weighted by molar-refractivity contribution is 5.95. The number of nitrogens with one attached hydrogen (secondary N) is 1. The molecule has 1 amide bonds. The standard InChI is InChI=1S/C23H23NO3/c1-16-13-14-17(2)22(15-16)26-18(3)23(25)24-20-11-7-8-12-21(20)27-19-9-5-4-6-10-19/h4-15,18H,1-3H3,(H,24,25)/t18-/m1/s1. The summed E-state index contributed by atoms with van der Waals surface area (Å²) >= 11 is 0. The zero-order valence-electron chi connectivity index (χ0n) is 15.7. The van der Waals surface area contributed by atoms with Crippen molar-refractivity contribution in [3.05, 3.63) is 83.9 Å². The number of hydrogen-bond acceptors (Lipinski definition) is 3. The van der Waals surface area contributed by atoms with E-state index in [4.69, 9.17) is 9.47 Å². The first-order valence-electron chi connectivity index (χ1n) is 8.89. The Kier molecular flexibility index (Phi) is 5.77. The summed E-state index contributed by atoms with van der Waals surface area (Å²) in [5, 5.41) is 2.90. The number of carbonyl (C=O) groups is 1. The monoisotopic (exact) mass is 361 g/mol. The second-order valence-electron chi connectivity index (χ2n) is 6.43. The number of hydrogen-bond donors (Lipinski definition) is 1. The van der Waals surface area contributed by atoms with Crippen LogP contribution in [0.4, 0.5) is 5.69 Å². The molecule has 0 spiro atoms. The lowest BCUT2D eigenvalue weighted by Gasteiger charge is -2.18. The molecular weight excluding hydrogens is 338 g/mol. The number of carbonyl (C=O) groups excluding carboxylic acids is 1. The summed E-state index contributed by atoms with van der Waals surface area (Å²) in [7, 11) is 0. The minimum Gasteiger partial charge on any atom is -0.481 e. The van der Waals surface area contributed by atoms with Crippen molar-refractivity contribution in [1.82, 2.24) is 0 Å². The molecule has 0 aliphatic heterocycles. The van der Waals surface area contributed by atoms with Gasteiger partial charge < -0.3 is 14.8 Å². The quantitative estimate of drug-likeness (QED) is 0.630. The van der Waals surface area contributed by atoms with Gasteiger partial charge in [-0.15, -0.1) is 0 Å². The highest BCUT2D eigenvalue weighted by atomic mass is 16.5. The molecule has 4 nitrogen and oxygen atoms in total. The molecule has 3 aromatic carbocycles. The Morgan fingerprint density at radius 2 is 1.59 bits per heavy atom. The van der Waals surface area contributed by atoms with Crippen LogP contribution in [0, 0.1) is 13.8 Å². The van der Waals surface area contributed by atoms with Gasteiger partial charge in [-0.05, 0) is 62.2 Å². The van der Waals surface area contributed by atoms with Crippen LogP contribution >= 0.6 is 0 Å². The molecule has 0 saturated heterocycles. The van der Waals surface area contributed by atoms with Gasteiger partial charge in [0.15, 0.2) is 11.9 Å². The zero-order valence-corrected chi connectivity index (χ0v) is 15.7. The first-order chi connectivity index (χ1) is 13.0. The second kappa shape index (κ2) is 8.41. The second-order valence-corrected chi connectivity index (χ2v) is 6.43. The minimum atomic E-state index is -0.643. The number of rotatable bonds is 6. The number of anilines is 1. The molecule has 0 radical (unpaired) electrons. The highest BCUT2D eigenvalue weighted by Gasteiger charge is 2.17. The molecule has 4 heteroatoms. The molecule has 0 fully saturated rings. The molecule has 138 valence electrons. The van der Waals surface area contributed by atoms with Crippen LogP contribution in [0.2, 0.25) is 0 Å². The fraction of sp³-hybridized carbons (Fsp3) is 0.174. The predicted molar refractivity (Wildman–Crippen MR) is 108 cm³/mol. The van der Waals surface area contributed by atoms with Gasteiger partial charge in [0.2, 0.25) is 0 Å². The van der Waals surface area contributed by atoms with E-state index in [2.05, 4.69) is 5.32 Å². The van der Waals surface area contributed by atoms with Gasteiger partial charge in [-0.25, -0.2) is 0 Å². The van der Waals surface area contributed by atoms with E-state index < -0.39 is 6.10 Å². The fourth-order valence-corrected chi connectivity index (χ4v) is 2.59. The van der Waals surface area contributed by atoms with Crippen LogP contribution in [-0.2, 0) is 4.79 Å². The average molecular weight is 361 g/mol. The summed E-state index contributed by atoms with van der Waals surface area (Å²) in [4.78, 5) is 12.6. The Labute approximate surface area is 159 Å². The maximum absolute atomic E-state index is 12.6. The topological polar surface area (TPSA) is 47.6 Å². The number of ether oxygens (including phenoxy) is 2. The first-order valence-corrected chi connectivity index (χ1v) is 8.89. The molecule has 1 N–H and O–H groups in total. The van der Waals surface area contributed by atoms with Gasteiger partial charge in [0.05, 0.1) is 5.69 Å². The van der Waals surface area contributed by atoms with Gasteiger partial charge >= 0.3 is 0 Å². The molecule has 0 bridgehead atoms. The van der Waals surface area contributed by atoms with Gasteiger partial charge in [0.1, 0.15) is 11.5 Å². The average Bonchev–Trinajstić information content (AvgIpc) is 2.67. The first kappa shape index (κ1) is 18.5. The predicted octanol–water partition coefficient (Wildman–Crippen LogP) is 5.50. The van der Waals surface area contributed by atoms with Gasteiger partial charge in [0.25, 0.3) is 5.91 Å². The molecule has 0 unspecified atom stereocenters. The van der Waals surface area contributed by atoms with E-state index in [0.29, 0.717) is 22.9 Å². The van der Waals surface area contributed by atoms with Gasteiger partial charge in [-0.3, -0.25) is 4.79 Å². The smallest absolute Gasteiger partial charge is 0.265 e. The maximum atomic E-state index is 12.6. The van der Waals surface area contributed by atoms with Crippen LogP contribution in [0.15, 0.2) is 72.8 Å². The normalized spacial score (nSPS) is 11.5. The maximum Gasteiger partial charge on any atom is 0.265 e. The fourth-order valence-electron chi connectivity index (χ4n) is 2.59. The number of para-hydroxylation sites is 3. The Morgan fingerprint density at radius 1 is 0.889 bits per heavy atom. The van der Waals surface area contributed by atoms with Crippen molar-refractivity contribution < 1.29 is 14.3 Å². The van der Waals surface area contributed by atoms with Crippen LogP contribution in [0.5, 0.6) is 17.2 Å². The molecule has 27 heavy (non-hydrogen) atoms. The van der Waals surface area contributed by atoms with Crippen LogP contribution in [0.25, 0.3) is 0 Å². The van der Waals surface area contributed by atoms with Gasteiger partial charge in [0, 0.05) is 0 Å². The van der Waals surface area contributed by atoms with Crippen LogP contribution < -0.4 is 14.8 Å². The number of amides is 1. The number of aryl methyl sites for hydroxylation is 2. The Balaban J connectivity index is 1.71. The third-order valence-electron chi connectivity index (χ3n) is 4.13. The minimum absolute atomic E-state index is 0.236. The number of benzene rings is 3. The van der Waals surface area contributed by atoms with Crippen molar-refractivity contribution in [2.45, 2.75) is 26.9 Å². The molecule has 0 aromatic heterocycles. The van der Waals surface area contributed by atoms with E-state index in [0.717, 1.165) is 11.1 Å². The molecule has 1 atom stereocenters. The van der Waals surface area contributed by atoms with Crippen molar-refractivity contribution in [3.8, 4) is 17.2 Å². The van der Waals surface area contributed by atoms with Gasteiger partial charge in [-0.2, -0.15) is 0 Å². The van der Waals surface area contributed by atoms with Crippen molar-refractivity contribution in [2.24, 2.45) is 0 Å². The summed E-state index contributed by atoms with van der Waals surface area (Å²) in [6.45, 7) is 5.69. The molecule has 3 aromatic rings. The van der Waals surface area contributed by atoms with Crippen LogP contribution in [0.1, 0.15) is 18.1 Å².